The molecular formula is C16H14ClFN6O2. The molecule has 10 heteroatoms. The van der Waals surface area contributed by atoms with Gasteiger partial charge in [-0.2, -0.15) is 9.61 Å². The van der Waals surface area contributed by atoms with Crippen LogP contribution in [-0.2, 0) is 0 Å². The maximum Gasteiger partial charge on any atom is 0.275 e. The zero-order valence-corrected chi connectivity index (χ0v) is 14.5. The van der Waals surface area contributed by atoms with Crippen LogP contribution in [0.15, 0.2) is 23.3 Å². The third-order valence-electron chi connectivity index (χ3n) is 4.36. The molecule has 1 aliphatic rings. The fourth-order valence-corrected chi connectivity index (χ4v) is 3.19. The Hall–Kier alpha value is -2.81. The van der Waals surface area contributed by atoms with Crippen LogP contribution in [0.5, 0.6) is 0 Å². The first-order valence-corrected chi connectivity index (χ1v) is 8.32. The molecule has 0 aromatic carbocycles. The minimum Gasteiger partial charge on any atom is -0.338 e. The van der Waals surface area contributed by atoms with E-state index in [0.717, 1.165) is 4.52 Å². The summed E-state index contributed by atoms with van der Waals surface area (Å²) in [6.07, 6.45) is 3.01. The van der Waals surface area contributed by atoms with Crippen molar-refractivity contribution in [3.63, 3.8) is 0 Å². The van der Waals surface area contributed by atoms with Crippen LogP contribution in [0, 0.1) is 12.8 Å². The number of alkyl halides is 1. The third kappa shape index (κ3) is 2.55. The van der Waals surface area contributed by atoms with Crippen molar-refractivity contribution in [2.75, 3.05) is 19.8 Å². The van der Waals surface area contributed by atoms with E-state index < -0.39 is 12.2 Å². The molecule has 8 nitrogen and oxygen atoms in total. The van der Waals surface area contributed by atoms with Crippen LogP contribution < -0.4 is 5.56 Å². The van der Waals surface area contributed by atoms with Crippen LogP contribution in [0.1, 0.15) is 16.1 Å². The number of likely N-dealkylation sites (tertiary alicyclic amines) is 1. The van der Waals surface area contributed by atoms with Gasteiger partial charge in [0.05, 0.1) is 12.4 Å². The molecule has 0 atom stereocenters. The smallest absolute Gasteiger partial charge is 0.275 e. The van der Waals surface area contributed by atoms with E-state index >= 15 is 0 Å². The number of carbonyl (C=O) groups excluding carboxylic acids is 1. The van der Waals surface area contributed by atoms with E-state index in [1.54, 1.807) is 6.92 Å². The molecule has 0 aliphatic carbocycles. The first-order valence-electron chi connectivity index (χ1n) is 7.94. The highest BCUT2D eigenvalue weighted by atomic mass is 35.5. The summed E-state index contributed by atoms with van der Waals surface area (Å²) in [6, 6.07) is 1.17. The summed E-state index contributed by atoms with van der Waals surface area (Å²) >= 11 is 5.96. The average Bonchev–Trinajstić information content (AvgIpc) is 2.93. The van der Waals surface area contributed by atoms with Crippen molar-refractivity contribution in [2.24, 2.45) is 5.92 Å². The fraction of sp³-hybridized carbons (Fsp3) is 0.312. The Labute approximate surface area is 151 Å². The van der Waals surface area contributed by atoms with Gasteiger partial charge in [0.1, 0.15) is 22.1 Å². The first kappa shape index (κ1) is 16.6. The van der Waals surface area contributed by atoms with Gasteiger partial charge in [-0.1, -0.05) is 11.6 Å². The monoisotopic (exact) mass is 376 g/mol. The molecule has 3 aromatic rings. The van der Waals surface area contributed by atoms with Gasteiger partial charge in [-0.05, 0) is 6.92 Å². The molecule has 1 N–H and O–H groups in total. The number of aromatic nitrogens is 5. The summed E-state index contributed by atoms with van der Waals surface area (Å²) in [4.78, 5) is 38.0. The molecule has 0 bridgehead atoms. The second kappa shape index (κ2) is 6.17. The van der Waals surface area contributed by atoms with Crippen LogP contribution in [0.25, 0.3) is 17.0 Å². The third-order valence-corrected chi connectivity index (χ3v) is 4.57. The van der Waals surface area contributed by atoms with Gasteiger partial charge in [0.2, 0.25) is 0 Å². The minimum atomic E-state index is -0.476. The number of H-pyrrole nitrogens is 1. The molecule has 1 fully saturated rings. The Morgan fingerprint density at radius 2 is 2.08 bits per heavy atom. The summed E-state index contributed by atoms with van der Waals surface area (Å²) in [6.45, 7) is 1.89. The Bertz CT molecular complexity index is 1070. The lowest BCUT2D eigenvalue weighted by molar-refractivity contribution is 0.0455. The number of fused-ring (bicyclic) bond motifs is 1. The zero-order chi connectivity index (χ0) is 18.4. The molecular weight excluding hydrogens is 363 g/mol. The van der Waals surface area contributed by atoms with Crippen molar-refractivity contribution >= 4 is 23.2 Å². The van der Waals surface area contributed by atoms with Crippen LogP contribution >= 0.6 is 11.6 Å². The second-order valence-electron chi connectivity index (χ2n) is 6.16. The number of nitrogens with zero attached hydrogens (tertiary/aromatic N) is 5. The van der Waals surface area contributed by atoms with E-state index in [4.69, 9.17) is 11.6 Å². The van der Waals surface area contributed by atoms with Crippen LogP contribution in [0.2, 0.25) is 5.15 Å². The summed E-state index contributed by atoms with van der Waals surface area (Å²) in [7, 11) is 0. The first-order chi connectivity index (χ1) is 12.5. The van der Waals surface area contributed by atoms with Gasteiger partial charge in [0, 0.05) is 37.5 Å². The molecule has 134 valence electrons. The van der Waals surface area contributed by atoms with Crippen molar-refractivity contribution < 1.29 is 9.18 Å². The Morgan fingerprint density at radius 1 is 1.35 bits per heavy atom. The number of aryl methyl sites for hydroxylation is 1. The molecule has 0 spiro atoms. The lowest BCUT2D eigenvalue weighted by atomic mass is 10.00. The van der Waals surface area contributed by atoms with Gasteiger partial charge < -0.3 is 9.88 Å². The number of halogens is 2. The van der Waals surface area contributed by atoms with Gasteiger partial charge in [0.25, 0.3) is 11.5 Å². The van der Waals surface area contributed by atoms with Crippen molar-refractivity contribution in [1.82, 2.24) is 29.5 Å². The van der Waals surface area contributed by atoms with Crippen LogP contribution in [-0.4, -0.2) is 55.1 Å². The highest BCUT2D eigenvalue weighted by molar-refractivity contribution is 6.29. The van der Waals surface area contributed by atoms with Crippen molar-refractivity contribution in [3.05, 3.63) is 45.2 Å². The second-order valence-corrected chi connectivity index (χ2v) is 6.57. The highest BCUT2D eigenvalue weighted by Gasteiger charge is 2.35. The average molecular weight is 377 g/mol. The quantitative estimate of drug-likeness (QED) is 0.698. The van der Waals surface area contributed by atoms with E-state index in [1.807, 2.05) is 0 Å². The van der Waals surface area contributed by atoms with E-state index in [9.17, 15) is 14.0 Å². The normalized spacial score (nSPS) is 14.7. The van der Waals surface area contributed by atoms with Crippen LogP contribution in [0.4, 0.5) is 4.39 Å². The summed E-state index contributed by atoms with van der Waals surface area (Å²) in [5, 5.41) is 4.36. The number of rotatable bonds is 3. The van der Waals surface area contributed by atoms with Crippen molar-refractivity contribution in [1.29, 1.82) is 0 Å². The topological polar surface area (TPSA) is 96.2 Å². The van der Waals surface area contributed by atoms with Crippen molar-refractivity contribution in [2.45, 2.75) is 6.92 Å². The van der Waals surface area contributed by atoms with E-state index in [1.165, 1.54) is 23.4 Å². The standard InChI is InChI=1S/C16H14ClFN6O2/c1-8-13(20-3-2-19-8)14-12(16(26)23-6-9(5-18)7-23)15-21-10(17)4-11(25)24(15)22-14/h2-4,9,21H,5-7H2,1H3. The molecule has 1 amide bonds. The van der Waals surface area contributed by atoms with Gasteiger partial charge in [-0.15, -0.1) is 0 Å². The van der Waals surface area contributed by atoms with Gasteiger partial charge >= 0.3 is 0 Å². The highest BCUT2D eigenvalue weighted by Crippen LogP contribution is 2.29. The number of hydrogen-bond acceptors (Lipinski definition) is 5. The molecule has 0 saturated carbocycles. The van der Waals surface area contributed by atoms with Gasteiger partial charge in [0.15, 0.2) is 5.65 Å². The van der Waals surface area contributed by atoms with Crippen LogP contribution in [0.3, 0.4) is 0 Å². The largest absolute Gasteiger partial charge is 0.338 e. The summed E-state index contributed by atoms with van der Waals surface area (Å²) < 4.78 is 13.8. The Kier molecular flexibility index (Phi) is 3.95. The minimum absolute atomic E-state index is 0.0871. The molecule has 0 radical (unpaired) electrons. The molecule has 26 heavy (non-hydrogen) atoms. The van der Waals surface area contributed by atoms with E-state index in [-0.39, 0.29) is 33.9 Å². The predicted octanol–water partition coefficient (Wildman–Crippen LogP) is 1.48. The maximum atomic E-state index is 13.0. The van der Waals surface area contributed by atoms with Gasteiger partial charge in [-0.3, -0.25) is 23.9 Å². The van der Waals surface area contributed by atoms with Gasteiger partial charge in [-0.25, -0.2) is 0 Å². The molecule has 1 saturated heterocycles. The lowest BCUT2D eigenvalue weighted by Crippen LogP contribution is -2.50. The maximum absolute atomic E-state index is 13.0. The molecule has 3 aromatic heterocycles. The van der Waals surface area contributed by atoms with E-state index in [2.05, 4.69) is 20.1 Å². The molecule has 4 rings (SSSR count). The number of nitrogens with one attached hydrogen (secondary N) is 1. The Morgan fingerprint density at radius 3 is 2.77 bits per heavy atom. The summed E-state index contributed by atoms with van der Waals surface area (Å²) in [5.74, 6) is -0.521. The lowest BCUT2D eigenvalue weighted by Gasteiger charge is -2.37. The summed E-state index contributed by atoms with van der Waals surface area (Å²) in [5.41, 5.74) is 1.07. The number of carbonyl (C=O) groups is 1. The predicted molar refractivity (Wildman–Crippen MR) is 92.0 cm³/mol. The van der Waals surface area contributed by atoms with Crippen molar-refractivity contribution in [3.8, 4) is 11.4 Å². The number of amides is 1. The number of aromatic amines is 1. The Balaban J connectivity index is 1.94. The zero-order valence-electron chi connectivity index (χ0n) is 13.7. The molecule has 0 unspecified atom stereocenters. The molecule has 4 heterocycles. The SMILES string of the molecule is Cc1nccnc1-c1nn2c(=O)cc(Cl)[nH]c2c1C(=O)N1CC(CF)C1. The fourth-order valence-electron chi connectivity index (χ4n) is 3.01. The van der Waals surface area contributed by atoms with E-state index in [0.29, 0.717) is 24.5 Å². The molecule has 1 aliphatic heterocycles. The number of hydrogen-bond donors (Lipinski definition) is 1.